The van der Waals surface area contributed by atoms with Gasteiger partial charge in [0.05, 0.1) is 27.9 Å². The molecule has 0 N–H and O–H groups in total. The molecule has 0 aliphatic heterocycles. The summed E-state index contributed by atoms with van der Waals surface area (Å²) in [6, 6.07) is 65.0. The molecule has 0 fully saturated rings. The zero-order chi connectivity index (χ0) is 37.0. The monoisotopic (exact) mass is 716 g/mol. The molecule has 1 aliphatic carbocycles. The van der Waals surface area contributed by atoms with Crippen LogP contribution in [0, 0.1) is 0 Å². The first-order valence-corrected chi connectivity index (χ1v) is 19.3. The number of rotatable bonds is 6. The first kappa shape index (κ1) is 32.2. The highest BCUT2D eigenvalue weighted by Crippen LogP contribution is 2.39. The van der Waals surface area contributed by atoms with Gasteiger partial charge in [-0.15, -0.1) is 0 Å². The normalized spacial score (nSPS) is 12.4. The molecule has 0 atom stereocenters. The zero-order valence-electron chi connectivity index (χ0n) is 30.7. The van der Waals surface area contributed by atoms with E-state index in [0.717, 1.165) is 63.4 Å². The first-order valence-electron chi connectivity index (χ1n) is 19.3. The number of benzene rings is 7. The maximum absolute atomic E-state index is 5.10. The minimum Gasteiger partial charge on any atom is -0.309 e. The number of nitrogens with zero attached hydrogens (tertiary/aromatic N) is 4. The zero-order valence-corrected chi connectivity index (χ0v) is 30.7. The highest BCUT2D eigenvalue weighted by molar-refractivity contribution is 6.09. The Balaban J connectivity index is 1.10. The third-order valence-corrected chi connectivity index (χ3v) is 11.2. The van der Waals surface area contributed by atoms with Crippen molar-refractivity contribution in [3.05, 3.63) is 199 Å². The number of aryl methyl sites for hydroxylation is 1. The Morgan fingerprint density at radius 1 is 0.393 bits per heavy atom. The van der Waals surface area contributed by atoms with Crippen LogP contribution in [0.2, 0.25) is 0 Å². The van der Waals surface area contributed by atoms with Crippen LogP contribution in [-0.4, -0.2) is 19.1 Å². The molecule has 10 aromatic rings. The highest BCUT2D eigenvalue weighted by Gasteiger charge is 2.21. The van der Waals surface area contributed by atoms with E-state index in [0.29, 0.717) is 5.82 Å². The molecule has 0 radical (unpaired) electrons. The van der Waals surface area contributed by atoms with Gasteiger partial charge in [0.15, 0.2) is 5.82 Å². The van der Waals surface area contributed by atoms with Crippen molar-refractivity contribution in [3.63, 3.8) is 0 Å². The third kappa shape index (κ3) is 5.38. The van der Waals surface area contributed by atoms with E-state index in [1.54, 1.807) is 0 Å². The van der Waals surface area contributed by atoms with Crippen LogP contribution < -0.4 is 0 Å². The van der Waals surface area contributed by atoms with Gasteiger partial charge in [0.2, 0.25) is 0 Å². The molecule has 0 amide bonds. The fourth-order valence-corrected chi connectivity index (χ4v) is 8.59. The topological polar surface area (TPSA) is 35.6 Å². The van der Waals surface area contributed by atoms with Crippen LogP contribution in [0.1, 0.15) is 17.7 Å². The van der Waals surface area contributed by atoms with Crippen molar-refractivity contribution in [1.29, 1.82) is 0 Å². The Morgan fingerprint density at radius 2 is 0.893 bits per heavy atom. The maximum Gasteiger partial charge on any atom is 0.160 e. The molecule has 1 aliphatic rings. The standard InChI is InChI=1S/C52H36N4/c1-3-15-36(16-4-1)46-34-47(54-52(53-46)38-17-5-2-6-18-38)37-29-27-35(28-30-37)39-31-40(55-48-23-11-7-19-42(48)43-20-8-12-24-49(43)55)33-41(32-39)56-50-25-13-9-21-44(50)45-22-10-14-26-51(45)56/h1-9,11-21,23-34H,10,22H2. The number of hydrogen-bond donors (Lipinski definition) is 0. The van der Waals surface area contributed by atoms with Gasteiger partial charge >= 0.3 is 0 Å². The quantitative estimate of drug-likeness (QED) is 0.172. The second kappa shape index (κ2) is 13.2. The van der Waals surface area contributed by atoms with Crippen LogP contribution in [0.3, 0.4) is 0 Å². The van der Waals surface area contributed by atoms with Crippen molar-refractivity contribution in [2.24, 2.45) is 0 Å². The predicted octanol–water partition coefficient (Wildman–Crippen LogP) is 13.1. The Bertz CT molecular complexity index is 3000. The summed E-state index contributed by atoms with van der Waals surface area (Å²) in [4.78, 5) is 10.1. The van der Waals surface area contributed by atoms with Gasteiger partial charge < -0.3 is 9.13 Å². The van der Waals surface area contributed by atoms with Crippen molar-refractivity contribution in [1.82, 2.24) is 19.1 Å². The van der Waals surface area contributed by atoms with Gasteiger partial charge in [0.1, 0.15) is 0 Å². The minimum atomic E-state index is 0.714. The molecular weight excluding hydrogens is 681 g/mol. The average molecular weight is 717 g/mol. The molecule has 0 bridgehead atoms. The van der Waals surface area contributed by atoms with Crippen LogP contribution in [0.25, 0.3) is 95.2 Å². The van der Waals surface area contributed by atoms with Gasteiger partial charge in [-0.1, -0.05) is 146 Å². The van der Waals surface area contributed by atoms with E-state index in [4.69, 9.17) is 9.97 Å². The minimum absolute atomic E-state index is 0.714. The van der Waals surface area contributed by atoms with Gasteiger partial charge in [-0.05, 0) is 78.1 Å². The van der Waals surface area contributed by atoms with Gasteiger partial charge in [-0.25, -0.2) is 9.97 Å². The second-order valence-corrected chi connectivity index (χ2v) is 14.5. The smallest absolute Gasteiger partial charge is 0.160 e. The summed E-state index contributed by atoms with van der Waals surface area (Å²) in [6.45, 7) is 0. The van der Waals surface area contributed by atoms with Crippen LogP contribution in [0.15, 0.2) is 188 Å². The molecule has 0 spiro atoms. The summed E-state index contributed by atoms with van der Waals surface area (Å²) in [5.74, 6) is 0.714. The van der Waals surface area contributed by atoms with E-state index in [2.05, 4.69) is 179 Å². The van der Waals surface area contributed by atoms with E-state index in [1.807, 2.05) is 24.3 Å². The van der Waals surface area contributed by atoms with Crippen molar-refractivity contribution in [2.45, 2.75) is 12.8 Å². The Hall–Kier alpha value is -7.30. The van der Waals surface area contributed by atoms with E-state index >= 15 is 0 Å². The van der Waals surface area contributed by atoms with Gasteiger partial charge in [-0.3, -0.25) is 0 Å². The van der Waals surface area contributed by atoms with Crippen molar-refractivity contribution in [2.75, 3.05) is 0 Å². The SMILES string of the molecule is C1=Cc2c(c3ccccc3n2-c2cc(-c3ccc(-c4cc(-c5ccccc5)nc(-c5ccccc5)n4)cc3)cc(-n3c4ccccc4c4ccccc43)c2)CC1. The van der Waals surface area contributed by atoms with Crippen LogP contribution >= 0.6 is 0 Å². The van der Waals surface area contributed by atoms with Crippen molar-refractivity contribution >= 4 is 38.8 Å². The van der Waals surface area contributed by atoms with Gasteiger partial charge in [0.25, 0.3) is 0 Å². The van der Waals surface area contributed by atoms with Gasteiger partial charge in [0, 0.05) is 49.9 Å². The molecular formula is C52H36N4. The summed E-state index contributed by atoms with van der Waals surface area (Å²) in [5, 5.41) is 3.83. The lowest BCUT2D eigenvalue weighted by Crippen LogP contribution is -2.03. The summed E-state index contributed by atoms with van der Waals surface area (Å²) >= 11 is 0. The Kier molecular flexibility index (Phi) is 7.59. The number of para-hydroxylation sites is 3. The Morgan fingerprint density at radius 3 is 1.54 bits per heavy atom. The van der Waals surface area contributed by atoms with E-state index in [9.17, 15) is 0 Å². The van der Waals surface area contributed by atoms with Crippen LogP contribution in [0.4, 0.5) is 0 Å². The summed E-state index contributed by atoms with van der Waals surface area (Å²) in [5.41, 5.74) is 15.8. The lowest BCUT2D eigenvalue weighted by Gasteiger charge is -2.17. The molecule has 3 heterocycles. The predicted molar refractivity (Wildman–Crippen MR) is 232 cm³/mol. The average Bonchev–Trinajstić information content (AvgIpc) is 3.80. The summed E-state index contributed by atoms with van der Waals surface area (Å²) in [7, 11) is 0. The number of allylic oxidation sites excluding steroid dienone is 1. The fraction of sp³-hybridized carbons (Fsp3) is 0.0385. The Labute approximate surface area is 325 Å². The molecule has 264 valence electrons. The highest BCUT2D eigenvalue weighted by atomic mass is 15.0. The molecule has 11 rings (SSSR count). The second-order valence-electron chi connectivity index (χ2n) is 14.5. The van der Waals surface area contributed by atoms with E-state index in [1.165, 1.54) is 44.0 Å². The van der Waals surface area contributed by atoms with Crippen LogP contribution in [-0.2, 0) is 6.42 Å². The third-order valence-electron chi connectivity index (χ3n) is 11.2. The van der Waals surface area contributed by atoms with Crippen molar-refractivity contribution in [3.8, 4) is 56.4 Å². The molecule has 4 nitrogen and oxygen atoms in total. The first-order chi connectivity index (χ1) is 27.8. The lowest BCUT2D eigenvalue weighted by molar-refractivity contribution is 0.967. The van der Waals surface area contributed by atoms with E-state index in [-0.39, 0.29) is 0 Å². The van der Waals surface area contributed by atoms with Crippen molar-refractivity contribution < 1.29 is 0 Å². The van der Waals surface area contributed by atoms with Gasteiger partial charge in [-0.2, -0.15) is 0 Å². The fourth-order valence-electron chi connectivity index (χ4n) is 8.59. The maximum atomic E-state index is 5.10. The number of fused-ring (bicyclic) bond motifs is 6. The summed E-state index contributed by atoms with van der Waals surface area (Å²) in [6.07, 6.45) is 6.73. The largest absolute Gasteiger partial charge is 0.309 e. The number of aromatic nitrogens is 4. The molecule has 4 heteroatoms. The molecule has 0 saturated carbocycles. The molecule has 0 unspecified atom stereocenters. The number of hydrogen-bond acceptors (Lipinski definition) is 2. The lowest BCUT2D eigenvalue weighted by atomic mass is 10.00. The van der Waals surface area contributed by atoms with E-state index < -0.39 is 0 Å². The molecule has 56 heavy (non-hydrogen) atoms. The molecule has 3 aromatic heterocycles. The van der Waals surface area contributed by atoms with Crippen LogP contribution in [0.5, 0.6) is 0 Å². The molecule has 7 aromatic carbocycles. The summed E-state index contributed by atoms with van der Waals surface area (Å²) < 4.78 is 4.89. The molecule has 0 saturated heterocycles.